The van der Waals surface area contributed by atoms with E-state index in [1.54, 1.807) is 0 Å². The third-order valence-corrected chi connectivity index (χ3v) is 15.0. The van der Waals surface area contributed by atoms with Crippen LogP contribution in [0.15, 0.2) is 158 Å². The molecule has 0 aliphatic carbocycles. The maximum absolute atomic E-state index is 6.81. The van der Waals surface area contributed by atoms with Crippen LogP contribution in [0.5, 0.6) is 11.5 Å². The van der Waals surface area contributed by atoms with Crippen LogP contribution >= 0.6 is 23.2 Å². The van der Waals surface area contributed by atoms with Crippen LogP contribution in [0.25, 0.3) is 0 Å². The first-order valence-electron chi connectivity index (χ1n) is 23.6. The van der Waals surface area contributed by atoms with Crippen molar-refractivity contribution in [3.05, 3.63) is 191 Å². The van der Waals surface area contributed by atoms with E-state index >= 15 is 0 Å². The number of ether oxygens (including phenoxy) is 2. The van der Waals surface area contributed by atoms with E-state index in [2.05, 4.69) is 96.1 Å². The van der Waals surface area contributed by atoms with Gasteiger partial charge in [-0.05, 0) is 161 Å². The Balaban J connectivity index is 1.19. The Bertz CT molecular complexity index is 2210. The summed E-state index contributed by atoms with van der Waals surface area (Å²) < 4.78 is 12.3. The molecule has 8 rings (SSSR count). The summed E-state index contributed by atoms with van der Waals surface area (Å²) in [6.45, 7) is 13.7. The van der Waals surface area contributed by atoms with Crippen LogP contribution in [-0.2, 0) is 11.1 Å². The molecule has 4 heterocycles. The van der Waals surface area contributed by atoms with Crippen molar-refractivity contribution in [2.24, 2.45) is 10.8 Å². The lowest BCUT2D eigenvalue weighted by molar-refractivity contribution is -0.0615. The molecule has 0 amide bonds. The van der Waals surface area contributed by atoms with Gasteiger partial charge in [0.2, 0.25) is 0 Å². The lowest BCUT2D eigenvalue weighted by atomic mass is 9.61. The molecule has 346 valence electrons. The number of para-hydroxylation sites is 2. The van der Waals surface area contributed by atoms with Crippen molar-refractivity contribution < 1.29 is 9.47 Å². The van der Waals surface area contributed by atoms with Crippen LogP contribution in [0.1, 0.15) is 62.0 Å². The normalized spacial score (nSPS) is 18.4. The third-order valence-electron chi connectivity index (χ3n) is 14.5. The van der Waals surface area contributed by atoms with Gasteiger partial charge in [0.05, 0.1) is 11.4 Å². The molecule has 2 atom stereocenters. The molecule has 0 N–H and O–H groups in total. The fraction of sp³-hybridized carbons (Fsp3) is 0.393. The summed E-state index contributed by atoms with van der Waals surface area (Å²) in [5.74, 6) is 1.83. The monoisotopic (exact) mass is 924 g/mol. The Labute approximate surface area is 403 Å². The minimum Gasteiger partial charge on any atom is -0.492 e. The molecule has 2 aliphatic rings. The number of benzene rings is 4. The van der Waals surface area contributed by atoms with Gasteiger partial charge in [0.25, 0.3) is 0 Å². The van der Waals surface area contributed by atoms with Crippen LogP contribution in [0, 0.1) is 10.8 Å². The van der Waals surface area contributed by atoms with Gasteiger partial charge in [0.1, 0.15) is 35.8 Å². The van der Waals surface area contributed by atoms with Crippen LogP contribution in [0.3, 0.4) is 0 Å². The number of halogens is 2. The first-order chi connectivity index (χ1) is 32.0. The van der Waals surface area contributed by atoms with Gasteiger partial charge in [-0.2, -0.15) is 0 Å². The number of aromatic nitrogens is 2. The van der Waals surface area contributed by atoms with Crippen LogP contribution in [0.2, 0.25) is 10.0 Å². The lowest BCUT2D eigenvalue weighted by Crippen LogP contribution is -2.69. The fourth-order valence-corrected chi connectivity index (χ4v) is 11.2. The second kappa shape index (κ2) is 21.4. The molecule has 4 aromatic carbocycles. The number of pyridine rings is 2. The van der Waals surface area contributed by atoms with Crippen molar-refractivity contribution >= 4 is 23.2 Å². The van der Waals surface area contributed by atoms with Gasteiger partial charge >= 0.3 is 0 Å². The van der Waals surface area contributed by atoms with Gasteiger partial charge < -0.3 is 9.47 Å². The average Bonchev–Trinajstić information content (AvgIpc) is 3.34. The zero-order valence-electron chi connectivity index (χ0n) is 39.2. The molecule has 10 heteroatoms. The molecule has 0 saturated carbocycles. The van der Waals surface area contributed by atoms with Gasteiger partial charge in [0.15, 0.2) is 0 Å². The van der Waals surface area contributed by atoms with Gasteiger partial charge in [-0.1, -0.05) is 110 Å². The number of likely N-dealkylation sites (N-methyl/N-ethyl adjacent to an activating group) is 2. The van der Waals surface area contributed by atoms with Crippen molar-refractivity contribution in [3.8, 4) is 11.5 Å². The maximum atomic E-state index is 6.81. The SMILES string of the molecule is CN(CC1(C)CCN(CCOc2ccccc2)CC1)C(c1ccc(Cl)cc1)(c1ccccn1)[C@](c1ccc(Cl)cc1)(c1ccccn1)N(C)CC1(C)CCN(CCOc2ccccc2)CC1. The highest BCUT2D eigenvalue weighted by Crippen LogP contribution is 2.57. The Morgan fingerprint density at radius 3 is 1.18 bits per heavy atom. The molecule has 8 nitrogen and oxygen atoms in total. The minimum absolute atomic E-state index is 0.0184. The van der Waals surface area contributed by atoms with E-state index in [4.69, 9.17) is 42.6 Å². The molecular weight excluding hydrogens is 860 g/mol. The first-order valence-corrected chi connectivity index (χ1v) is 24.4. The maximum Gasteiger partial charge on any atom is 0.119 e. The second-order valence-corrected chi connectivity index (χ2v) is 20.1. The third kappa shape index (κ3) is 10.5. The largest absolute Gasteiger partial charge is 0.492 e. The first kappa shape index (κ1) is 47.7. The number of likely N-dealkylation sites (tertiary alicyclic amines) is 2. The van der Waals surface area contributed by atoms with E-state index < -0.39 is 11.1 Å². The zero-order valence-corrected chi connectivity index (χ0v) is 40.7. The summed E-state index contributed by atoms with van der Waals surface area (Å²) in [6, 6.07) is 49.9. The summed E-state index contributed by atoms with van der Waals surface area (Å²) in [5.41, 5.74) is 2.08. The molecule has 0 spiro atoms. The van der Waals surface area contributed by atoms with Crippen LogP contribution < -0.4 is 9.47 Å². The van der Waals surface area contributed by atoms with E-state index in [0.29, 0.717) is 23.3 Å². The van der Waals surface area contributed by atoms with Crippen LogP contribution in [-0.4, -0.2) is 109 Å². The summed E-state index contributed by atoms with van der Waals surface area (Å²) in [5, 5.41) is 1.37. The van der Waals surface area contributed by atoms with Gasteiger partial charge in [-0.3, -0.25) is 29.6 Å². The Morgan fingerprint density at radius 2 is 0.848 bits per heavy atom. The minimum atomic E-state index is -0.953. The Morgan fingerprint density at radius 1 is 0.500 bits per heavy atom. The van der Waals surface area contributed by atoms with E-state index in [1.165, 1.54) is 0 Å². The number of hydrogen-bond acceptors (Lipinski definition) is 8. The molecule has 0 bridgehead atoms. The second-order valence-electron chi connectivity index (χ2n) is 19.2. The topological polar surface area (TPSA) is 57.2 Å². The number of nitrogens with zero attached hydrogens (tertiary/aromatic N) is 6. The summed E-state index contributed by atoms with van der Waals surface area (Å²) in [7, 11) is 4.63. The van der Waals surface area contributed by atoms with Crippen molar-refractivity contribution in [1.82, 2.24) is 29.6 Å². The van der Waals surface area contributed by atoms with E-state index in [1.807, 2.05) is 109 Å². The lowest BCUT2D eigenvalue weighted by Gasteiger charge is -2.61. The van der Waals surface area contributed by atoms with Crippen molar-refractivity contribution in [3.63, 3.8) is 0 Å². The molecule has 0 radical (unpaired) electrons. The summed E-state index contributed by atoms with van der Waals surface area (Å²) in [6.07, 6.45) is 8.05. The number of rotatable bonds is 19. The predicted octanol–water partition coefficient (Wildman–Crippen LogP) is 11.2. The highest BCUT2D eigenvalue weighted by Gasteiger charge is 2.63. The Kier molecular flexibility index (Phi) is 15.5. The summed E-state index contributed by atoms with van der Waals surface area (Å²) in [4.78, 5) is 21.1. The number of piperidine rings is 2. The van der Waals surface area contributed by atoms with E-state index in [9.17, 15) is 0 Å². The molecular formula is C56H66Cl2N6O2. The smallest absolute Gasteiger partial charge is 0.119 e. The van der Waals surface area contributed by atoms with E-state index in [-0.39, 0.29) is 10.8 Å². The molecule has 2 aliphatic heterocycles. The fourth-order valence-electron chi connectivity index (χ4n) is 11.0. The van der Waals surface area contributed by atoms with Crippen molar-refractivity contribution in [1.29, 1.82) is 0 Å². The van der Waals surface area contributed by atoms with Gasteiger partial charge in [-0.15, -0.1) is 0 Å². The van der Waals surface area contributed by atoms with Gasteiger partial charge in [-0.25, -0.2) is 0 Å². The molecule has 1 unspecified atom stereocenters. The molecule has 66 heavy (non-hydrogen) atoms. The highest BCUT2D eigenvalue weighted by molar-refractivity contribution is 6.30. The highest BCUT2D eigenvalue weighted by atomic mass is 35.5. The van der Waals surface area contributed by atoms with Crippen LogP contribution in [0.4, 0.5) is 0 Å². The number of hydrogen-bond donors (Lipinski definition) is 0. The average molecular weight is 926 g/mol. The predicted molar refractivity (Wildman–Crippen MR) is 270 cm³/mol. The summed E-state index contributed by atoms with van der Waals surface area (Å²) >= 11 is 13.6. The quantitative estimate of drug-likeness (QED) is 0.0796. The van der Waals surface area contributed by atoms with Crippen molar-refractivity contribution in [2.45, 2.75) is 50.6 Å². The Hall–Kier alpha value is -4.80. The molecule has 6 aromatic rings. The zero-order chi connectivity index (χ0) is 46.0. The molecule has 2 fully saturated rings. The van der Waals surface area contributed by atoms with Crippen molar-refractivity contribution in [2.75, 3.05) is 79.7 Å². The van der Waals surface area contributed by atoms with E-state index in [0.717, 1.165) is 112 Å². The van der Waals surface area contributed by atoms with Gasteiger partial charge in [0, 0.05) is 48.6 Å². The molecule has 2 saturated heterocycles. The molecule has 2 aromatic heterocycles. The standard InChI is InChI=1S/C56H66Cl2N6O2/c1-53(29-35-63(36-30-53)39-41-65-49-15-7-5-8-16-49)43-61(3)55(51-19-11-13-33-59-51,45-21-25-47(57)26-22-45)56(52-20-12-14-34-60-52,46-23-27-48(58)28-24-46)62(4)44-54(2)31-37-64(38-32-54)40-42-66-50-17-9-6-10-18-50/h5-28,33-34H,29-32,35-44H2,1-4H3/t55-,56?/m0/s1.